The summed E-state index contributed by atoms with van der Waals surface area (Å²) in [5.74, 6) is 0. The van der Waals surface area contributed by atoms with Gasteiger partial charge < -0.3 is 10.2 Å². The molecule has 0 aliphatic heterocycles. The van der Waals surface area contributed by atoms with Crippen LogP contribution >= 0.6 is 0 Å². The Hall–Kier alpha value is -0.0800. The van der Waals surface area contributed by atoms with Crippen LogP contribution in [0.2, 0.25) is 0 Å². The second-order valence-electron chi connectivity index (χ2n) is 5.25. The molecule has 84 valence electrons. The highest BCUT2D eigenvalue weighted by molar-refractivity contribution is 4.89. The van der Waals surface area contributed by atoms with Gasteiger partial charge in [-0.3, -0.25) is 0 Å². The Morgan fingerprint density at radius 1 is 1.29 bits per heavy atom. The summed E-state index contributed by atoms with van der Waals surface area (Å²) in [5.41, 5.74) is 0.563. The van der Waals surface area contributed by atoms with Crippen LogP contribution in [0, 0.1) is 5.41 Å². The molecule has 1 saturated carbocycles. The van der Waals surface area contributed by atoms with Crippen LogP contribution in [0.15, 0.2) is 0 Å². The first-order valence-corrected chi connectivity index (χ1v) is 5.94. The van der Waals surface area contributed by atoms with Crippen molar-refractivity contribution < 1.29 is 0 Å². The summed E-state index contributed by atoms with van der Waals surface area (Å²) in [6, 6.07) is 0.671. The molecule has 0 radical (unpaired) electrons. The lowest BCUT2D eigenvalue weighted by atomic mass is 9.85. The Kier molecular flexibility index (Phi) is 4.39. The molecule has 0 spiro atoms. The van der Waals surface area contributed by atoms with Crippen LogP contribution in [-0.4, -0.2) is 38.1 Å². The van der Waals surface area contributed by atoms with E-state index in [2.05, 4.69) is 38.2 Å². The summed E-state index contributed by atoms with van der Waals surface area (Å²) >= 11 is 0. The van der Waals surface area contributed by atoms with Crippen molar-refractivity contribution in [1.29, 1.82) is 0 Å². The van der Waals surface area contributed by atoms with Gasteiger partial charge in [-0.1, -0.05) is 12.8 Å². The molecule has 0 bridgehead atoms. The van der Waals surface area contributed by atoms with Crippen LogP contribution in [0.3, 0.4) is 0 Å². The minimum Gasteiger partial charge on any atom is -0.319 e. The third-order valence-corrected chi connectivity index (χ3v) is 3.68. The molecule has 2 nitrogen and oxygen atoms in total. The molecule has 0 aromatic heterocycles. The van der Waals surface area contributed by atoms with Crippen molar-refractivity contribution in [2.24, 2.45) is 5.41 Å². The maximum atomic E-state index is 3.37. The molecule has 1 aliphatic carbocycles. The second-order valence-corrected chi connectivity index (χ2v) is 5.25. The number of hydrogen-bond donors (Lipinski definition) is 1. The van der Waals surface area contributed by atoms with Gasteiger partial charge in [0.05, 0.1) is 0 Å². The van der Waals surface area contributed by atoms with E-state index in [9.17, 15) is 0 Å². The molecular weight excluding hydrogens is 172 g/mol. The van der Waals surface area contributed by atoms with Crippen molar-refractivity contribution >= 4 is 0 Å². The van der Waals surface area contributed by atoms with Gasteiger partial charge in [0.25, 0.3) is 0 Å². The van der Waals surface area contributed by atoms with E-state index in [1.807, 2.05) is 0 Å². The van der Waals surface area contributed by atoms with E-state index in [1.54, 1.807) is 0 Å². The van der Waals surface area contributed by atoms with E-state index in [0.717, 1.165) is 0 Å². The SMILES string of the molecule is CNCC1(CN(C)C(C)C)CCCC1. The standard InChI is InChI=1S/C12H26N2/c1-11(2)14(4)10-12(9-13-3)7-5-6-8-12/h11,13H,5-10H2,1-4H3. The Labute approximate surface area is 89.1 Å². The molecule has 1 rings (SSSR count). The van der Waals surface area contributed by atoms with Crippen LogP contribution in [-0.2, 0) is 0 Å². The zero-order valence-corrected chi connectivity index (χ0v) is 10.3. The van der Waals surface area contributed by atoms with E-state index in [1.165, 1.54) is 38.8 Å². The Morgan fingerprint density at radius 2 is 1.86 bits per heavy atom. The molecule has 0 saturated heterocycles. The molecule has 1 N–H and O–H groups in total. The largest absolute Gasteiger partial charge is 0.319 e. The summed E-state index contributed by atoms with van der Waals surface area (Å²) in [7, 11) is 4.33. The van der Waals surface area contributed by atoms with Gasteiger partial charge >= 0.3 is 0 Å². The van der Waals surface area contributed by atoms with Crippen LogP contribution < -0.4 is 5.32 Å². The molecule has 0 amide bonds. The number of nitrogens with zero attached hydrogens (tertiary/aromatic N) is 1. The first-order valence-electron chi connectivity index (χ1n) is 5.94. The smallest absolute Gasteiger partial charge is 0.00498 e. The van der Waals surface area contributed by atoms with E-state index in [0.29, 0.717) is 11.5 Å². The summed E-state index contributed by atoms with van der Waals surface area (Å²) in [6.07, 6.45) is 5.66. The molecular formula is C12H26N2. The molecule has 0 unspecified atom stereocenters. The fourth-order valence-electron chi connectivity index (χ4n) is 2.60. The van der Waals surface area contributed by atoms with Crippen molar-refractivity contribution in [1.82, 2.24) is 10.2 Å². The maximum absolute atomic E-state index is 3.37. The number of rotatable bonds is 5. The lowest BCUT2D eigenvalue weighted by molar-refractivity contribution is 0.150. The molecule has 2 heteroatoms. The summed E-state index contributed by atoms with van der Waals surface area (Å²) in [5, 5.41) is 3.37. The van der Waals surface area contributed by atoms with Gasteiger partial charge in [0.15, 0.2) is 0 Å². The fraction of sp³-hybridized carbons (Fsp3) is 1.00. The van der Waals surface area contributed by atoms with Crippen molar-refractivity contribution in [3.05, 3.63) is 0 Å². The van der Waals surface area contributed by atoms with Crippen LogP contribution in [0.4, 0.5) is 0 Å². The van der Waals surface area contributed by atoms with E-state index in [-0.39, 0.29) is 0 Å². The average molecular weight is 198 g/mol. The van der Waals surface area contributed by atoms with Crippen LogP contribution in [0.1, 0.15) is 39.5 Å². The monoisotopic (exact) mass is 198 g/mol. The molecule has 1 aliphatic rings. The van der Waals surface area contributed by atoms with Crippen molar-refractivity contribution in [2.75, 3.05) is 27.2 Å². The lowest BCUT2D eigenvalue weighted by Crippen LogP contribution is -2.42. The topological polar surface area (TPSA) is 15.3 Å². The molecule has 1 fully saturated rings. The first kappa shape index (κ1) is 12.0. The first-order chi connectivity index (χ1) is 6.59. The fourth-order valence-corrected chi connectivity index (χ4v) is 2.60. The van der Waals surface area contributed by atoms with Gasteiger partial charge in [-0.05, 0) is 46.2 Å². The highest BCUT2D eigenvalue weighted by atomic mass is 15.1. The van der Waals surface area contributed by atoms with Gasteiger partial charge in [-0.2, -0.15) is 0 Å². The quantitative estimate of drug-likeness (QED) is 0.728. The Morgan fingerprint density at radius 3 is 2.29 bits per heavy atom. The maximum Gasteiger partial charge on any atom is 0.00498 e. The molecule has 0 atom stereocenters. The normalized spacial score (nSPS) is 21.0. The molecule has 0 aromatic carbocycles. The van der Waals surface area contributed by atoms with Crippen molar-refractivity contribution in [2.45, 2.75) is 45.6 Å². The minimum absolute atomic E-state index is 0.563. The predicted molar refractivity (Wildman–Crippen MR) is 62.6 cm³/mol. The van der Waals surface area contributed by atoms with Crippen LogP contribution in [0.5, 0.6) is 0 Å². The van der Waals surface area contributed by atoms with Gasteiger partial charge in [0.2, 0.25) is 0 Å². The van der Waals surface area contributed by atoms with Gasteiger partial charge in [0.1, 0.15) is 0 Å². The summed E-state index contributed by atoms with van der Waals surface area (Å²) in [4.78, 5) is 2.49. The highest BCUT2D eigenvalue weighted by Gasteiger charge is 2.34. The van der Waals surface area contributed by atoms with Crippen molar-refractivity contribution in [3.63, 3.8) is 0 Å². The number of nitrogens with one attached hydrogen (secondary N) is 1. The van der Waals surface area contributed by atoms with E-state index >= 15 is 0 Å². The Bertz CT molecular complexity index is 160. The summed E-state index contributed by atoms with van der Waals surface area (Å²) < 4.78 is 0. The Balaban J connectivity index is 2.50. The van der Waals surface area contributed by atoms with E-state index < -0.39 is 0 Å². The molecule has 0 heterocycles. The molecule has 14 heavy (non-hydrogen) atoms. The average Bonchev–Trinajstić information content (AvgIpc) is 2.54. The molecule has 0 aromatic rings. The minimum atomic E-state index is 0.563. The van der Waals surface area contributed by atoms with Gasteiger partial charge in [0, 0.05) is 19.1 Å². The second kappa shape index (κ2) is 5.13. The highest BCUT2D eigenvalue weighted by Crippen LogP contribution is 2.38. The van der Waals surface area contributed by atoms with Crippen molar-refractivity contribution in [3.8, 4) is 0 Å². The lowest BCUT2D eigenvalue weighted by Gasteiger charge is -2.35. The third-order valence-electron chi connectivity index (χ3n) is 3.68. The van der Waals surface area contributed by atoms with Crippen LogP contribution in [0.25, 0.3) is 0 Å². The zero-order chi connectivity index (χ0) is 10.6. The van der Waals surface area contributed by atoms with Gasteiger partial charge in [-0.25, -0.2) is 0 Å². The summed E-state index contributed by atoms with van der Waals surface area (Å²) in [6.45, 7) is 7.00. The number of hydrogen-bond acceptors (Lipinski definition) is 2. The van der Waals surface area contributed by atoms with Gasteiger partial charge in [-0.15, -0.1) is 0 Å². The predicted octanol–water partition coefficient (Wildman–Crippen LogP) is 2.11. The zero-order valence-electron chi connectivity index (χ0n) is 10.3. The third kappa shape index (κ3) is 2.96. The van der Waals surface area contributed by atoms with E-state index in [4.69, 9.17) is 0 Å².